The molecule has 0 aliphatic rings. The number of aliphatic hydroxyl groups excluding tert-OH is 1. The second-order valence-electron chi connectivity index (χ2n) is 3.08. The Morgan fingerprint density at radius 3 is 2.60 bits per heavy atom. The van der Waals surface area contributed by atoms with Crippen LogP contribution in [0.2, 0.25) is 0 Å². The first-order chi connectivity index (χ1) is 7.13. The Hall–Kier alpha value is -0.870. The monoisotopic (exact) mass is 272 g/mol. The molecule has 1 rings (SSSR count). The van der Waals surface area contributed by atoms with Crippen LogP contribution < -0.4 is 0 Å². The molecule has 3 nitrogen and oxygen atoms in total. The van der Waals surface area contributed by atoms with Gasteiger partial charge in [0.1, 0.15) is 0 Å². The maximum absolute atomic E-state index is 11.1. The van der Waals surface area contributed by atoms with Crippen LogP contribution in [0.25, 0.3) is 0 Å². The molecule has 0 aromatic heterocycles. The highest BCUT2D eigenvalue weighted by Gasteiger charge is 2.13. The highest BCUT2D eigenvalue weighted by molar-refractivity contribution is 9.10. The number of carbonyl (C=O) groups excluding carboxylic acids is 1. The quantitative estimate of drug-likeness (QED) is 0.857. The van der Waals surface area contributed by atoms with Crippen molar-refractivity contribution in [1.29, 1.82) is 0 Å². The Balaban J connectivity index is 2.57. The number of rotatable bonds is 4. The summed E-state index contributed by atoms with van der Waals surface area (Å²) < 4.78 is 5.69. The van der Waals surface area contributed by atoms with Gasteiger partial charge in [0, 0.05) is 4.47 Å². The average molecular weight is 273 g/mol. The van der Waals surface area contributed by atoms with Gasteiger partial charge in [0.15, 0.2) is 0 Å². The molecule has 1 aromatic carbocycles. The smallest absolute Gasteiger partial charge is 0.308 e. The normalized spacial score (nSPS) is 12.2. The van der Waals surface area contributed by atoms with Crippen LogP contribution in [0.4, 0.5) is 0 Å². The van der Waals surface area contributed by atoms with E-state index in [0.717, 1.165) is 4.47 Å². The molecule has 15 heavy (non-hydrogen) atoms. The van der Waals surface area contributed by atoms with Crippen LogP contribution in [0, 0.1) is 0 Å². The molecule has 1 aromatic rings. The van der Waals surface area contributed by atoms with E-state index in [1.165, 1.54) is 0 Å². The molecule has 82 valence electrons. The van der Waals surface area contributed by atoms with Crippen molar-refractivity contribution in [2.75, 3.05) is 6.61 Å². The Morgan fingerprint density at radius 1 is 1.47 bits per heavy atom. The summed E-state index contributed by atoms with van der Waals surface area (Å²) >= 11 is 3.30. The second-order valence-corrected chi connectivity index (χ2v) is 3.99. The van der Waals surface area contributed by atoms with E-state index in [9.17, 15) is 9.90 Å². The van der Waals surface area contributed by atoms with Crippen LogP contribution in [0.1, 0.15) is 25.0 Å². The minimum Gasteiger partial charge on any atom is -0.466 e. The molecule has 0 bridgehead atoms. The molecule has 0 saturated heterocycles. The van der Waals surface area contributed by atoms with E-state index in [0.29, 0.717) is 12.2 Å². The maximum atomic E-state index is 11.1. The predicted molar refractivity (Wildman–Crippen MR) is 60.4 cm³/mol. The summed E-state index contributed by atoms with van der Waals surface area (Å²) in [4.78, 5) is 11.1. The summed E-state index contributed by atoms with van der Waals surface area (Å²) in [6.45, 7) is 2.08. The van der Waals surface area contributed by atoms with E-state index in [-0.39, 0.29) is 12.4 Å². The fraction of sp³-hybridized carbons (Fsp3) is 0.364. The first-order valence-electron chi connectivity index (χ1n) is 4.72. The van der Waals surface area contributed by atoms with Gasteiger partial charge < -0.3 is 9.84 Å². The van der Waals surface area contributed by atoms with Gasteiger partial charge in [0.05, 0.1) is 19.1 Å². The summed E-state index contributed by atoms with van der Waals surface area (Å²) in [6.07, 6.45) is -0.799. The molecule has 0 unspecified atom stereocenters. The van der Waals surface area contributed by atoms with Crippen molar-refractivity contribution in [1.82, 2.24) is 0 Å². The third-order valence-corrected chi connectivity index (χ3v) is 2.45. The molecule has 0 heterocycles. The number of esters is 1. The van der Waals surface area contributed by atoms with Crippen molar-refractivity contribution in [2.24, 2.45) is 0 Å². The predicted octanol–water partition coefficient (Wildman–Crippen LogP) is 2.44. The van der Waals surface area contributed by atoms with Crippen molar-refractivity contribution in [2.45, 2.75) is 19.4 Å². The van der Waals surface area contributed by atoms with E-state index >= 15 is 0 Å². The maximum Gasteiger partial charge on any atom is 0.308 e. The fourth-order valence-corrected chi connectivity index (χ4v) is 1.44. The van der Waals surface area contributed by atoms with Crippen molar-refractivity contribution < 1.29 is 14.6 Å². The summed E-state index contributed by atoms with van der Waals surface area (Å²) in [7, 11) is 0. The molecule has 0 fully saturated rings. The van der Waals surface area contributed by atoms with Crippen LogP contribution in [-0.2, 0) is 9.53 Å². The van der Waals surface area contributed by atoms with E-state index in [2.05, 4.69) is 15.9 Å². The summed E-state index contributed by atoms with van der Waals surface area (Å²) in [5.41, 5.74) is 0.714. The number of aliphatic hydroxyl groups is 1. The summed E-state index contributed by atoms with van der Waals surface area (Å²) in [5.74, 6) is -0.382. The number of benzene rings is 1. The van der Waals surface area contributed by atoms with Gasteiger partial charge in [-0.05, 0) is 24.6 Å². The standard InChI is InChI=1S/C11H13BrO3/c1-2-15-11(14)7-10(13)8-3-5-9(12)6-4-8/h3-6,10,13H,2,7H2,1H3/t10-/m0/s1. The van der Waals surface area contributed by atoms with Gasteiger partial charge in [-0.1, -0.05) is 28.1 Å². The fourth-order valence-electron chi connectivity index (χ4n) is 1.18. The Morgan fingerprint density at radius 2 is 2.07 bits per heavy atom. The SMILES string of the molecule is CCOC(=O)C[C@H](O)c1ccc(Br)cc1. The summed E-state index contributed by atoms with van der Waals surface area (Å²) in [6, 6.07) is 7.19. The molecule has 0 aliphatic heterocycles. The largest absolute Gasteiger partial charge is 0.466 e. The minimum absolute atomic E-state index is 0.00449. The molecule has 1 atom stereocenters. The van der Waals surface area contributed by atoms with Crippen molar-refractivity contribution in [3.63, 3.8) is 0 Å². The second kappa shape index (κ2) is 5.88. The van der Waals surface area contributed by atoms with Crippen LogP contribution in [-0.4, -0.2) is 17.7 Å². The molecule has 0 aliphatic carbocycles. The van der Waals surface area contributed by atoms with Gasteiger partial charge in [-0.25, -0.2) is 0 Å². The number of halogens is 1. The highest BCUT2D eigenvalue weighted by atomic mass is 79.9. The molecule has 0 saturated carbocycles. The Bertz CT molecular complexity index is 321. The van der Waals surface area contributed by atoms with E-state index in [1.807, 2.05) is 12.1 Å². The van der Waals surface area contributed by atoms with Gasteiger partial charge in [-0.15, -0.1) is 0 Å². The number of hydrogen-bond acceptors (Lipinski definition) is 3. The topological polar surface area (TPSA) is 46.5 Å². The number of hydrogen-bond donors (Lipinski definition) is 1. The van der Waals surface area contributed by atoms with E-state index in [1.54, 1.807) is 19.1 Å². The minimum atomic E-state index is -0.794. The van der Waals surface area contributed by atoms with Gasteiger partial charge in [-0.3, -0.25) is 4.79 Å². The van der Waals surface area contributed by atoms with Crippen molar-refractivity contribution >= 4 is 21.9 Å². The van der Waals surface area contributed by atoms with Crippen LogP contribution in [0.15, 0.2) is 28.7 Å². The number of ether oxygens (including phenoxy) is 1. The van der Waals surface area contributed by atoms with Crippen molar-refractivity contribution in [3.05, 3.63) is 34.3 Å². The third kappa shape index (κ3) is 4.01. The lowest BCUT2D eigenvalue weighted by molar-refractivity contribution is -0.145. The van der Waals surface area contributed by atoms with Crippen LogP contribution in [0.5, 0.6) is 0 Å². The molecule has 4 heteroatoms. The first-order valence-corrected chi connectivity index (χ1v) is 5.52. The average Bonchev–Trinajstić information content (AvgIpc) is 2.18. The zero-order valence-electron chi connectivity index (χ0n) is 8.44. The summed E-state index contributed by atoms with van der Waals surface area (Å²) in [5, 5.41) is 9.69. The lowest BCUT2D eigenvalue weighted by Gasteiger charge is -2.09. The molecule has 1 N–H and O–H groups in total. The number of carbonyl (C=O) groups is 1. The zero-order chi connectivity index (χ0) is 11.3. The highest BCUT2D eigenvalue weighted by Crippen LogP contribution is 2.19. The zero-order valence-corrected chi connectivity index (χ0v) is 10.0. The van der Waals surface area contributed by atoms with Crippen LogP contribution in [0.3, 0.4) is 0 Å². The van der Waals surface area contributed by atoms with E-state index < -0.39 is 6.10 Å². The Labute approximate surface area is 97.2 Å². The Kier molecular flexibility index (Phi) is 4.78. The third-order valence-electron chi connectivity index (χ3n) is 1.92. The molecule has 0 spiro atoms. The van der Waals surface area contributed by atoms with Crippen LogP contribution >= 0.6 is 15.9 Å². The van der Waals surface area contributed by atoms with Gasteiger partial charge in [0.2, 0.25) is 0 Å². The lowest BCUT2D eigenvalue weighted by atomic mass is 10.1. The lowest BCUT2D eigenvalue weighted by Crippen LogP contribution is -2.09. The molecular formula is C11H13BrO3. The van der Waals surface area contributed by atoms with Gasteiger partial charge in [-0.2, -0.15) is 0 Å². The molecule has 0 radical (unpaired) electrons. The molecule has 0 amide bonds. The van der Waals surface area contributed by atoms with Gasteiger partial charge >= 0.3 is 5.97 Å². The van der Waals surface area contributed by atoms with Gasteiger partial charge in [0.25, 0.3) is 0 Å². The molecular weight excluding hydrogens is 260 g/mol. The first kappa shape index (κ1) is 12.2. The van der Waals surface area contributed by atoms with Crippen molar-refractivity contribution in [3.8, 4) is 0 Å². The van der Waals surface area contributed by atoms with E-state index in [4.69, 9.17) is 4.74 Å².